The predicted molar refractivity (Wildman–Crippen MR) is 90.8 cm³/mol. The smallest absolute Gasteiger partial charge is 0.231 e. The zero-order valence-electron chi connectivity index (χ0n) is 13.5. The maximum absolute atomic E-state index is 5.41. The number of nitrogens with zero attached hydrogens (tertiary/aromatic N) is 5. The maximum Gasteiger partial charge on any atom is 0.231 e. The number of fused-ring (bicyclic) bond motifs is 2. The third kappa shape index (κ3) is 2.57. The van der Waals surface area contributed by atoms with Crippen LogP contribution in [0.1, 0.15) is 18.4 Å². The highest BCUT2D eigenvalue weighted by molar-refractivity contribution is 5.83. The van der Waals surface area contributed by atoms with Crippen molar-refractivity contribution in [2.45, 2.75) is 19.4 Å². The molecule has 0 spiro atoms. The minimum Gasteiger partial charge on any atom is -0.454 e. The van der Waals surface area contributed by atoms with Gasteiger partial charge in [-0.3, -0.25) is 0 Å². The molecule has 0 radical (unpaired) electrons. The lowest BCUT2D eigenvalue weighted by Crippen LogP contribution is -2.20. The SMILES string of the molecule is c1cc2c(cc1CNc1nc(N3CCCC3)c3n[nH]nc3n1)OCO2. The number of hydrogen-bond donors (Lipinski definition) is 2. The van der Waals surface area contributed by atoms with E-state index in [0.29, 0.717) is 18.1 Å². The molecule has 9 heteroatoms. The quantitative estimate of drug-likeness (QED) is 0.740. The summed E-state index contributed by atoms with van der Waals surface area (Å²) >= 11 is 0. The molecule has 2 aromatic heterocycles. The molecule has 1 fully saturated rings. The Balaban J connectivity index is 1.41. The minimum absolute atomic E-state index is 0.275. The summed E-state index contributed by atoms with van der Waals surface area (Å²) in [4.78, 5) is 11.3. The fraction of sp³-hybridized carbons (Fsp3) is 0.375. The highest BCUT2D eigenvalue weighted by Gasteiger charge is 2.20. The molecule has 1 aromatic carbocycles. The van der Waals surface area contributed by atoms with E-state index in [1.165, 1.54) is 12.8 Å². The van der Waals surface area contributed by atoms with Gasteiger partial charge in [-0.05, 0) is 30.5 Å². The van der Waals surface area contributed by atoms with Gasteiger partial charge in [0, 0.05) is 19.6 Å². The van der Waals surface area contributed by atoms with Gasteiger partial charge in [0.1, 0.15) is 0 Å². The van der Waals surface area contributed by atoms with Crippen molar-refractivity contribution in [3.8, 4) is 11.5 Å². The van der Waals surface area contributed by atoms with E-state index in [2.05, 4.69) is 35.6 Å². The Kier molecular flexibility index (Phi) is 3.29. The zero-order valence-corrected chi connectivity index (χ0v) is 13.5. The van der Waals surface area contributed by atoms with Gasteiger partial charge in [-0.15, -0.1) is 5.10 Å². The van der Waals surface area contributed by atoms with Gasteiger partial charge in [-0.25, -0.2) is 0 Å². The fourth-order valence-corrected chi connectivity index (χ4v) is 3.19. The molecule has 3 aromatic rings. The van der Waals surface area contributed by atoms with E-state index in [1.807, 2.05) is 18.2 Å². The number of anilines is 2. The summed E-state index contributed by atoms with van der Waals surface area (Å²) in [5.41, 5.74) is 2.36. The molecule has 0 bridgehead atoms. The van der Waals surface area contributed by atoms with Crippen LogP contribution in [0.25, 0.3) is 11.2 Å². The highest BCUT2D eigenvalue weighted by Crippen LogP contribution is 2.32. The topological polar surface area (TPSA) is 101 Å². The van der Waals surface area contributed by atoms with Gasteiger partial charge in [0.25, 0.3) is 0 Å². The lowest BCUT2D eigenvalue weighted by atomic mass is 10.2. The molecule has 0 unspecified atom stereocenters. The van der Waals surface area contributed by atoms with E-state index in [-0.39, 0.29) is 6.79 Å². The molecule has 9 nitrogen and oxygen atoms in total. The van der Waals surface area contributed by atoms with Crippen molar-refractivity contribution in [1.29, 1.82) is 0 Å². The molecule has 2 aliphatic heterocycles. The first-order chi connectivity index (χ1) is 12.4. The van der Waals surface area contributed by atoms with Crippen molar-refractivity contribution >= 4 is 22.9 Å². The van der Waals surface area contributed by atoms with E-state index >= 15 is 0 Å². The molecule has 4 heterocycles. The third-order valence-corrected chi connectivity index (χ3v) is 4.46. The second-order valence-electron chi connectivity index (χ2n) is 6.10. The largest absolute Gasteiger partial charge is 0.454 e. The molecule has 0 saturated carbocycles. The van der Waals surface area contributed by atoms with Crippen LogP contribution in [-0.2, 0) is 6.54 Å². The molecule has 2 N–H and O–H groups in total. The molecule has 0 amide bonds. The number of aromatic amines is 1. The molecule has 2 aliphatic rings. The standard InChI is InChI=1S/C16H17N7O2/c1-2-6-23(5-1)15-13-14(21-22-20-13)18-16(19-15)17-8-10-3-4-11-12(7-10)25-9-24-11/h3-4,7H,1-2,5-6,8-9H2,(H2,17,18,19,20,21,22). The van der Waals surface area contributed by atoms with Gasteiger partial charge >= 0.3 is 0 Å². The summed E-state index contributed by atoms with van der Waals surface area (Å²) in [7, 11) is 0. The fourth-order valence-electron chi connectivity index (χ4n) is 3.19. The lowest BCUT2D eigenvalue weighted by Gasteiger charge is -2.17. The summed E-state index contributed by atoms with van der Waals surface area (Å²) in [5.74, 6) is 2.93. The van der Waals surface area contributed by atoms with Gasteiger partial charge in [0.2, 0.25) is 18.4 Å². The van der Waals surface area contributed by atoms with Crippen LogP contribution in [0.5, 0.6) is 11.5 Å². The van der Waals surface area contributed by atoms with Crippen LogP contribution in [0.15, 0.2) is 18.2 Å². The Morgan fingerprint density at radius 1 is 1.08 bits per heavy atom. The number of benzene rings is 1. The Labute approximate surface area is 143 Å². The van der Waals surface area contributed by atoms with E-state index in [0.717, 1.165) is 41.5 Å². The van der Waals surface area contributed by atoms with E-state index < -0.39 is 0 Å². The van der Waals surface area contributed by atoms with Crippen LogP contribution in [0, 0.1) is 0 Å². The van der Waals surface area contributed by atoms with Crippen molar-refractivity contribution in [2.24, 2.45) is 0 Å². The Morgan fingerprint density at radius 3 is 2.88 bits per heavy atom. The van der Waals surface area contributed by atoms with Gasteiger partial charge in [-0.2, -0.15) is 20.3 Å². The van der Waals surface area contributed by atoms with Crippen molar-refractivity contribution in [1.82, 2.24) is 25.4 Å². The highest BCUT2D eigenvalue weighted by atomic mass is 16.7. The molecule has 5 rings (SSSR count). The van der Waals surface area contributed by atoms with Crippen LogP contribution in [-0.4, -0.2) is 45.3 Å². The van der Waals surface area contributed by atoms with Crippen molar-refractivity contribution < 1.29 is 9.47 Å². The number of nitrogens with one attached hydrogen (secondary N) is 2. The van der Waals surface area contributed by atoms with Crippen LogP contribution in [0.2, 0.25) is 0 Å². The molecule has 25 heavy (non-hydrogen) atoms. The first-order valence-corrected chi connectivity index (χ1v) is 8.33. The lowest BCUT2D eigenvalue weighted by molar-refractivity contribution is 0.174. The maximum atomic E-state index is 5.41. The number of rotatable bonds is 4. The Hall–Kier alpha value is -3.10. The monoisotopic (exact) mass is 339 g/mol. The zero-order chi connectivity index (χ0) is 16.6. The van der Waals surface area contributed by atoms with Gasteiger partial charge < -0.3 is 19.7 Å². The summed E-state index contributed by atoms with van der Waals surface area (Å²) in [6, 6.07) is 5.87. The molecule has 1 saturated heterocycles. The molecule has 128 valence electrons. The Bertz CT molecular complexity index is 920. The first-order valence-electron chi connectivity index (χ1n) is 8.33. The van der Waals surface area contributed by atoms with Crippen molar-refractivity contribution in [3.63, 3.8) is 0 Å². The minimum atomic E-state index is 0.275. The number of H-pyrrole nitrogens is 1. The number of hydrogen-bond acceptors (Lipinski definition) is 8. The normalized spacial score (nSPS) is 15.9. The molecule has 0 atom stereocenters. The third-order valence-electron chi connectivity index (χ3n) is 4.46. The predicted octanol–water partition coefficient (Wildman–Crippen LogP) is 1.69. The van der Waals surface area contributed by atoms with Crippen LogP contribution < -0.4 is 19.7 Å². The Morgan fingerprint density at radius 2 is 1.96 bits per heavy atom. The van der Waals surface area contributed by atoms with Gasteiger partial charge in [0.15, 0.2) is 22.8 Å². The molecule has 0 aliphatic carbocycles. The van der Waals surface area contributed by atoms with Crippen molar-refractivity contribution in [3.05, 3.63) is 23.8 Å². The van der Waals surface area contributed by atoms with E-state index in [9.17, 15) is 0 Å². The van der Waals surface area contributed by atoms with E-state index in [4.69, 9.17) is 9.47 Å². The average Bonchev–Trinajstić information content (AvgIpc) is 3.39. The van der Waals surface area contributed by atoms with Crippen LogP contribution in [0.4, 0.5) is 11.8 Å². The second kappa shape index (κ2) is 5.76. The van der Waals surface area contributed by atoms with Crippen LogP contribution in [0.3, 0.4) is 0 Å². The van der Waals surface area contributed by atoms with Gasteiger partial charge in [-0.1, -0.05) is 6.07 Å². The number of ether oxygens (including phenoxy) is 2. The molecular weight excluding hydrogens is 322 g/mol. The first kappa shape index (κ1) is 14.3. The summed E-state index contributed by atoms with van der Waals surface area (Å²) in [6.07, 6.45) is 2.34. The summed E-state index contributed by atoms with van der Waals surface area (Å²) in [6.45, 7) is 2.83. The average molecular weight is 339 g/mol. The summed E-state index contributed by atoms with van der Waals surface area (Å²) < 4.78 is 10.8. The summed E-state index contributed by atoms with van der Waals surface area (Å²) in [5, 5.41) is 14.2. The number of aromatic nitrogens is 5. The van der Waals surface area contributed by atoms with Crippen molar-refractivity contribution in [2.75, 3.05) is 30.1 Å². The molecular formula is C16H17N7O2. The van der Waals surface area contributed by atoms with Crippen LogP contribution >= 0.6 is 0 Å². The second-order valence-corrected chi connectivity index (χ2v) is 6.10. The van der Waals surface area contributed by atoms with E-state index in [1.54, 1.807) is 0 Å². The van der Waals surface area contributed by atoms with Gasteiger partial charge in [0.05, 0.1) is 0 Å².